The summed E-state index contributed by atoms with van der Waals surface area (Å²) in [6, 6.07) is 10.6. The van der Waals surface area contributed by atoms with E-state index >= 15 is 0 Å². The number of hydrogen-bond acceptors (Lipinski definition) is 5. The molecule has 0 spiro atoms. The van der Waals surface area contributed by atoms with Crippen LogP contribution in [-0.2, 0) is 14.8 Å². The van der Waals surface area contributed by atoms with Crippen molar-refractivity contribution in [3.05, 3.63) is 47.1 Å². The second kappa shape index (κ2) is 10.1. The summed E-state index contributed by atoms with van der Waals surface area (Å²) in [5, 5.41) is 3.10. The lowest BCUT2D eigenvalue weighted by Gasteiger charge is -2.19. The molecule has 1 aliphatic rings. The Labute approximate surface area is 184 Å². The van der Waals surface area contributed by atoms with Crippen LogP contribution in [0.3, 0.4) is 0 Å². The van der Waals surface area contributed by atoms with Crippen LogP contribution >= 0.6 is 27.7 Å². The molecule has 3 rings (SSSR count). The third kappa shape index (κ3) is 6.04. The lowest BCUT2D eigenvalue weighted by molar-refractivity contribution is -0.115. The van der Waals surface area contributed by atoms with E-state index in [1.165, 1.54) is 18.0 Å². The van der Waals surface area contributed by atoms with Crippen molar-refractivity contribution in [2.24, 2.45) is 0 Å². The van der Waals surface area contributed by atoms with Crippen LogP contribution in [0.15, 0.2) is 57.0 Å². The number of hydrogen-bond donors (Lipinski definition) is 1. The third-order valence-corrected chi connectivity index (χ3v) is 8.10. The number of benzene rings is 1. The predicted octanol–water partition coefficient (Wildman–Crippen LogP) is 4.53. The number of sulfonamides is 1. The van der Waals surface area contributed by atoms with Crippen molar-refractivity contribution < 1.29 is 13.2 Å². The summed E-state index contributed by atoms with van der Waals surface area (Å²) in [6.45, 7) is 2.92. The molecule has 1 aliphatic heterocycles. The van der Waals surface area contributed by atoms with Gasteiger partial charge in [-0.15, -0.1) is 0 Å². The van der Waals surface area contributed by atoms with Gasteiger partial charge in [0.05, 0.1) is 10.3 Å². The second-order valence-corrected chi connectivity index (χ2v) is 11.1. The first kappa shape index (κ1) is 22.3. The van der Waals surface area contributed by atoms with Gasteiger partial charge < -0.3 is 5.32 Å². The maximum absolute atomic E-state index is 12.8. The van der Waals surface area contributed by atoms with E-state index in [4.69, 9.17) is 0 Å². The molecule has 1 saturated heterocycles. The zero-order chi connectivity index (χ0) is 20.9. The summed E-state index contributed by atoms with van der Waals surface area (Å²) in [5.41, 5.74) is 0.712. The summed E-state index contributed by atoms with van der Waals surface area (Å²) >= 11 is 4.67. The molecule has 2 heterocycles. The molecule has 1 atom stereocenters. The monoisotopic (exact) mass is 497 g/mol. The Morgan fingerprint density at radius 3 is 2.52 bits per heavy atom. The summed E-state index contributed by atoms with van der Waals surface area (Å²) in [6.07, 6.45) is 5.32. The van der Waals surface area contributed by atoms with Gasteiger partial charge in [0.2, 0.25) is 15.9 Å². The Balaban J connectivity index is 1.62. The normalized spacial score (nSPS) is 16.8. The lowest BCUT2D eigenvalue weighted by Crippen LogP contribution is -2.32. The Bertz CT molecular complexity index is 944. The maximum Gasteiger partial charge on any atom is 0.244 e. The quantitative estimate of drug-likeness (QED) is 0.593. The van der Waals surface area contributed by atoms with Gasteiger partial charge in [-0.05, 0) is 50.1 Å². The zero-order valence-corrected chi connectivity index (χ0v) is 19.4. The van der Waals surface area contributed by atoms with E-state index in [1.54, 1.807) is 23.4 Å². The van der Waals surface area contributed by atoms with Gasteiger partial charge in [-0.25, -0.2) is 13.4 Å². The summed E-state index contributed by atoms with van der Waals surface area (Å²) in [7, 11) is -3.51. The molecule has 1 aromatic heterocycles. The number of aromatic nitrogens is 1. The largest absolute Gasteiger partial charge is 0.325 e. The number of carbonyl (C=O) groups is 1. The number of nitrogens with zero attached hydrogens (tertiary/aromatic N) is 2. The van der Waals surface area contributed by atoms with Crippen molar-refractivity contribution in [3.63, 3.8) is 0 Å². The minimum atomic E-state index is -3.51. The first-order valence-electron chi connectivity index (χ1n) is 9.55. The van der Waals surface area contributed by atoms with Gasteiger partial charge in [-0.2, -0.15) is 4.31 Å². The van der Waals surface area contributed by atoms with Crippen LogP contribution in [-0.4, -0.2) is 42.0 Å². The first-order valence-corrected chi connectivity index (χ1v) is 12.7. The topological polar surface area (TPSA) is 79.4 Å². The Morgan fingerprint density at radius 2 is 1.90 bits per heavy atom. The summed E-state index contributed by atoms with van der Waals surface area (Å²) in [5.74, 6) is -0.142. The van der Waals surface area contributed by atoms with Crippen molar-refractivity contribution >= 4 is 49.3 Å². The average molecular weight is 498 g/mol. The van der Waals surface area contributed by atoms with Crippen LogP contribution in [0.1, 0.15) is 32.6 Å². The fourth-order valence-electron chi connectivity index (χ4n) is 3.06. The highest BCUT2D eigenvalue weighted by atomic mass is 79.9. The van der Waals surface area contributed by atoms with Crippen LogP contribution in [0.2, 0.25) is 0 Å². The molecule has 1 fully saturated rings. The average Bonchev–Trinajstić information content (AvgIpc) is 2.98. The van der Waals surface area contributed by atoms with Gasteiger partial charge in [-0.3, -0.25) is 4.79 Å². The Hall–Kier alpha value is -1.42. The zero-order valence-electron chi connectivity index (χ0n) is 16.2. The number of nitrogens with one attached hydrogen (secondary N) is 1. The van der Waals surface area contributed by atoms with E-state index < -0.39 is 10.0 Å². The number of halogens is 1. The Morgan fingerprint density at radius 1 is 1.17 bits per heavy atom. The number of thioether (sulfide) groups is 1. The van der Waals surface area contributed by atoms with Gasteiger partial charge in [0.15, 0.2) is 0 Å². The fourth-order valence-corrected chi connectivity index (χ4v) is 5.72. The molecule has 1 N–H and O–H groups in total. The first-order chi connectivity index (χ1) is 13.9. The van der Waals surface area contributed by atoms with Crippen LogP contribution in [0.5, 0.6) is 0 Å². The smallest absolute Gasteiger partial charge is 0.244 e. The number of rotatable bonds is 6. The highest BCUT2D eigenvalue weighted by Gasteiger charge is 2.25. The van der Waals surface area contributed by atoms with Crippen LogP contribution < -0.4 is 5.32 Å². The van der Waals surface area contributed by atoms with Crippen molar-refractivity contribution in [1.82, 2.24) is 9.29 Å². The van der Waals surface area contributed by atoms with E-state index in [2.05, 4.69) is 26.2 Å². The second-order valence-electron chi connectivity index (χ2n) is 6.91. The molecule has 9 heteroatoms. The predicted molar refractivity (Wildman–Crippen MR) is 120 cm³/mol. The standard InChI is InChI=1S/C20H24BrN3O3S2/c1-15(20(25)23-17-8-6-7-16(21)13-17)28-19-10-9-18(14-22-19)29(26,27)24-11-4-2-3-5-12-24/h6-10,13-15H,2-5,11-12H2,1H3,(H,23,25). The lowest BCUT2D eigenvalue weighted by atomic mass is 10.2. The molecule has 156 valence electrons. The van der Waals surface area contributed by atoms with Gasteiger partial charge in [0.1, 0.15) is 4.90 Å². The molecule has 0 saturated carbocycles. The highest BCUT2D eigenvalue weighted by molar-refractivity contribution is 9.10. The van der Waals surface area contributed by atoms with E-state index in [0.717, 1.165) is 30.2 Å². The van der Waals surface area contributed by atoms with Crippen molar-refractivity contribution in [2.45, 2.75) is 47.8 Å². The van der Waals surface area contributed by atoms with Crippen LogP contribution in [0, 0.1) is 0 Å². The molecule has 1 aromatic carbocycles. The number of pyridine rings is 1. The molecular weight excluding hydrogens is 474 g/mol. The molecule has 1 unspecified atom stereocenters. The van der Waals surface area contributed by atoms with E-state index in [9.17, 15) is 13.2 Å². The van der Waals surface area contributed by atoms with E-state index in [0.29, 0.717) is 23.8 Å². The Kier molecular flexibility index (Phi) is 7.72. The molecule has 6 nitrogen and oxygen atoms in total. The molecule has 0 radical (unpaired) electrons. The molecule has 1 amide bonds. The minimum Gasteiger partial charge on any atom is -0.325 e. The van der Waals surface area contributed by atoms with Crippen LogP contribution in [0.4, 0.5) is 5.69 Å². The van der Waals surface area contributed by atoms with Gasteiger partial charge in [0.25, 0.3) is 0 Å². The van der Waals surface area contributed by atoms with Gasteiger partial charge in [-0.1, -0.05) is 46.6 Å². The van der Waals surface area contributed by atoms with Gasteiger partial charge >= 0.3 is 0 Å². The van der Waals surface area contributed by atoms with E-state index in [-0.39, 0.29) is 16.1 Å². The van der Waals surface area contributed by atoms with Crippen molar-refractivity contribution in [1.29, 1.82) is 0 Å². The van der Waals surface area contributed by atoms with Crippen LogP contribution in [0.25, 0.3) is 0 Å². The van der Waals surface area contributed by atoms with Crippen molar-refractivity contribution in [3.8, 4) is 0 Å². The summed E-state index contributed by atoms with van der Waals surface area (Å²) in [4.78, 5) is 16.9. The SMILES string of the molecule is CC(Sc1ccc(S(=O)(=O)N2CCCCCC2)cn1)C(=O)Nc1cccc(Br)c1. The maximum atomic E-state index is 12.8. The fraction of sp³-hybridized carbons (Fsp3) is 0.400. The van der Waals surface area contributed by atoms with E-state index in [1.807, 2.05) is 24.3 Å². The molecular formula is C20H24BrN3O3S2. The highest BCUT2D eigenvalue weighted by Crippen LogP contribution is 2.25. The summed E-state index contributed by atoms with van der Waals surface area (Å²) < 4.78 is 28.1. The molecule has 0 aliphatic carbocycles. The number of carbonyl (C=O) groups excluding carboxylic acids is 1. The van der Waals surface area contributed by atoms with Crippen molar-refractivity contribution in [2.75, 3.05) is 18.4 Å². The molecule has 0 bridgehead atoms. The third-order valence-electron chi connectivity index (χ3n) is 4.67. The molecule has 2 aromatic rings. The minimum absolute atomic E-state index is 0.142. The van der Waals surface area contributed by atoms with Gasteiger partial charge in [0, 0.05) is 29.4 Å². The number of amides is 1. The molecule has 29 heavy (non-hydrogen) atoms. The number of anilines is 1.